The van der Waals surface area contributed by atoms with E-state index < -0.39 is 12.0 Å². The van der Waals surface area contributed by atoms with E-state index in [1.54, 1.807) is 0 Å². The number of carbonyl (C=O) groups is 2. The zero-order valence-corrected chi connectivity index (χ0v) is 10.6. The molecule has 3 unspecified atom stereocenters. The number of carboxylic acid groups (broad SMARTS) is 1. The van der Waals surface area contributed by atoms with Crippen LogP contribution in [0, 0.1) is 11.8 Å². The van der Waals surface area contributed by atoms with Crippen LogP contribution in [0.15, 0.2) is 0 Å². The first-order valence-electron chi connectivity index (χ1n) is 6.10. The molecule has 0 aliphatic carbocycles. The van der Waals surface area contributed by atoms with Crippen LogP contribution >= 0.6 is 0 Å². The molecule has 0 saturated carbocycles. The average Bonchev–Trinajstić information content (AvgIpc) is 2.71. The Morgan fingerprint density at radius 3 is 2.59 bits per heavy atom. The Balaban J connectivity index is 2.55. The van der Waals surface area contributed by atoms with Gasteiger partial charge < -0.3 is 15.2 Å². The number of amides is 1. The van der Waals surface area contributed by atoms with Crippen LogP contribution in [-0.4, -0.2) is 35.7 Å². The van der Waals surface area contributed by atoms with Crippen LogP contribution in [-0.2, 0) is 14.3 Å². The molecule has 1 fully saturated rings. The molecule has 0 aromatic heterocycles. The summed E-state index contributed by atoms with van der Waals surface area (Å²) in [4.78, 5) is 22.9. The maximum atomic E-state index is 11.9. The van der Waals surface area contributed by atoms with Gasteiger partial charge in [0.05, 0.1) is 18.6 Å². The Labute approximate surface area is 102 Å². The fraction of sp³-hybridized carbons (Fsp3) is 0.833. The molecule has 2 N–H and O–H groups in total. The van der Waals surface area contributed by atoms with Crippen molar-refractivity contribution in [3.05, 3.63) is 0 Å². The van der Waals surface area contributed by atoms with Crippen LogP contribution in [0.3, 0.4) is 0 Å². The summed E-state index contributed by atoms with van der Waals surface area (Å²) >= 11 is 0. The number of ether oxygens (including phenoxy) is 1. The maximum Gasteiger partial charge on any atom is 0.326 e. The summed E-state index contributed by atoms with van der Waals surface area (Å²) in [6, 6.07) is -0.802. The Morgan fingerprint density at radius 1 is 1.53 bits per heavy atom. The fourth-order valence-corrected chi connectivity index (χ4v) is 1.95. The minimum atomic E-state index is -0.973. The number of rotatable bonds is 5. The standard InChI is InChI=1S/C12H21NO4/c1-4-7(2)10(12(15)16)13-11(14)9-5-8(3)17-6-9/h7-10H,4-6H2,1-3H3,(H,13,14)(H,15,16)/t7?,8?,9?,10-/m0/s1. The summed E-state index contributed by atoms with van der Waals surface area (Å²) in [6.45, 7) is 6.04. The van der Waals surface area contributed by atoms with E-state index in [0.717, 1.165) is 6.42 Å². The van der Waals surface area contributed by atoms with Gasteiger partial charge in [-0.1, -0.05) is 20.3 Å². The molecule has 5 heteroatoms. The molecule has 1 rings (SSSR count). The molecule has 1 heterocycles. The molecular formula is C12H21NO4. The first kappa shape index (κ1) is 14.0. The Kier molecular flexibility index (Phi) is 4.93. The summed E-state index contributed by atoms with van der Waals surface area (Å²) in [6.07, 6.45) is 1.46. The van der Waals surface area contributed by atoms with Crippen molar-refractivity contribution in [2.75, 3.05) is 6.61 Å². The zero-order valence-electron chi connectivity index (χ0n) is 10.6. The van der Waals surface area contributed by atoms with Crippen molar-refractivity contribution in [1.82, 2.24) is 5.32 Å². The SMILES string of the molecule is CCC(C)[C@H](NC(=O)C1COC(C)C1)C(=O)O. The van der Waals surface area contributed by atoms with Crippen LogP contribution < -0.4 is 5.32 Å². The molecule has 5 nitrogen and oxygen atoms in total. The minimum Gasteiger partial charge on any atom is -0.480 e. The molecule has 4 atom stereocenters. The van der Waals surface area contributed by atoms with Gasteiger partial charge >= 0.3 is 5.97 Å². The van der Waals surface area contributed by atoms with E-state index in [2.05, 4.69) is 5.32 Å². The van der Waals surface area contributed by atoms with Gasteiger partial charge in [-0.05, 0) is 19.3 Å². The highest BCUT2D eigenvalue weighted by Gasteiger charge is 2.32. The van der Waals surface area contributed by atoms with Crippen LogP contribution in [0.25, 0.3) is 0 Å². The lowest BCUT2D eigenvalue weighted by atomic mass is 9.97. The first-order chi connectivity index (χ1) is 7.95. The lowest BCUT2D eigenvalue weighted by Crippen LogP contribution is -2.47. The Morgan fingerprint density at radius 2 is 2.18 bits per heavy atom. The number of aliphatic carboxylic acids is 1. The number of nitrogens with one attached hydrogen (secondary N) is 1. The van der Waals surface area contributed by atoms with E-state index in [1.165, 1.54) is 0 Å². The van der Waals surface area contributed by atoms with E-state index in [-0.39, 0.29) is 23.8 Å². The second kappa shape index (κ2) is 6.00. The quantitative estimate of drug-likeness (QED) is 0.756. The van der Waals surface area contributed by atoms with Crippen molar-refractivity contribution >= 4 is 11.9 Å². The van der Waals surface area contributed by atoms with Crippen LogP contribution in [0.4, 0.5) is 0 Å². The highest BCUT2D eigenvalue weighted by Crippen LogP contribution is 2.20. The van der Waals surface area contributed by atoms with Crippen LogP contribution in [0.2, 0.25) is 0 Å². The summed E-state index contributed by atoms with van der Waals surface area (Å²) in [5, 5.41) is 11.7. The second-order valence-corrected chi connectivity index (χ2v) is 4.79. The lowest BCUT2D eigenvalue weighted by Gasteiger charge is -2.21. The maximum absolute atomic E-state index is 11.9. The van der Waals surface area contributed by atoms with Crippen LogP contribution in [0.1, 0.15) is 33.6 Å². The molecule has 1 aliphatic heterocycles. The van der Waals surface area contributed by atoms with Crippen molar-refractivity contribution in [1.29, 1.82) is 0 Å². The van der Waals surface area contributed by atoms with Gasteiger partial charge in [-0.25, -0.2) is 4.79 Å². The van der Waals surface area contributed by atoms with Gasteiger partial charge in [0.2, 0.25) is 5.91 Å². The summed E-state index contributed by atoms with van der Waals surface area (Å²) < 4.78 is 5.31. The summed E-state index contributed by atoms with van der Waals surface area (Å²) in [7, 11) is 0. The van der Waals surface area contributed by atoms with Crippen molar-refractivity contribution < 1.29 is 19.4 Å². The summed E-state index contributed by atoms with van der Waals surface area (Å²) in [5.41, 5.74) is 0. The molecule has 1 amide bonds. The Bertz CT molecular complexity index is 292. The number of carboxylic acids is 1. The monoisotopic (exact) mass is 243 g/mol. The average molecular weight is 243 g/mol. The number of hydrogen-bond donors (Lipinski definition) is 2. The van der Waals surface area contributed by atoms with Gasteiger partial charge in [-0.3, -0.25) is 4.79 Å². The van der Waals surface area contributed by atoms with Crippen molar-refractivity contribution in [3.8, 4) is 0 Å². The highest BCUT2D eigenvalue weighted by molar-refractivity contribution is 5.85. The van der Waals surface area contributed by atoms with Gasteiger partial charge in [0.25, 0.3) is 0 Å². The number of carbonyl (C=O) groups excluding carboxylic acids is 1. The molecule has 17 heavy (non-hydrogen) atoms. The third-order valence-electron chi connectivity index (χ3n) is 3.35. The smallest absolute Gasteiger partial charge is 0.326 e. The van der Waals surface area contributed by atoms with Gasteiger partial charge in [0.1, 0.15) is 6.04 Å². The lowest BCUT2D eigenvalue weighted by molar-refractivity contribution is -0.144. The van der Waals surface area contributed by atoms with E-state index in [4.69, 9.17) is 9.84 Å². The normalized spacial score (nSPS) is 27.5. The van der Waals surface area contributed by atoms with Gasteiger partial charge in [0, 0.05) is 0 Å². The van der Waals surface area contributed by atoms with Crippen molar-refractivity contribution in [3.63, 3.8) is 0 Å². The molecule has 0 aromatic carbocycles. The van der Waals surface area contributed by atoms with Crippen LogP contribution in [0.5, 0.6) is 0 Å². The summed E-state index contributed by atoms with van der Waals surface area (Å²) in [5.74, 6) is -1.46. The third-order valence-corrected chi connectivity index (χ3v) is 3.35. The molecule has 0 spiro atoms. The fourth-order valence-electron chi connectivity index (χ4n) is 1.95. The molecule has 1 aliphatic rings. The van der Waals surface area contributed by atoms with E-state index >= 15 is 0 Å². The zero-order chi connectivity index (χ0) is 13.0. The molecule has 98 valence electrons. The number of hydrogen-bond acceptors (Lipinski definition) is 3. The largest absolute Gasteiger partial charge is 0.480 e. The molecule has 0 aromatic rings. The highest BCUT2D eigenvalue weighted by atomic mass is 16.5. The van der Waals surface area contributed by atoms with E-state index in [1.807, 2.05) is 20.8 Å². The predicted octanol–water partition coefficient (Wildman–Crippen LogP) is 1.03. The molecule has 0 bridgehead atoms. The van der Waals surface area contributed by atoms with E-state index in [0.29, 0.717) is 13.0 Å². The second-order valence-electron chi connectivity index (χ2n) is 4.79. The van der Waals surface area contributed by atoms with Gasteiger partial charge in [-0.2, -0.15) is 0 Å². The molecule has 1 saturated heterocycles. The van der Waals surface area contributed by atoms with Crippen molar-refractivity contribution in [2.24, 2.45) is 11.8 Å². The Hall–Kier alpha value is -1.10. The van der Waals surface area contributed by atoms with Gasteiger partial charge in [-0.15, -0.1) is 0 Å². The van der Waals surface area contributed by atoms with Gasteiger partial charge in [0.15, 0.2) is 0 Å². The minimum absolute atomic E-state index is 0.0730. The topological polar surface area (TPSA) is 75.6 Å². The molecular weight excluding hydrogens is 222 g/mol. The van der Waals surface area contributed by atoms with Crippen molar-refractivity contribution in [2.45, 2.75) is 45.8 Å². The molecule has 0 radical (unpaired) electrons. The predicted molar refractivity (Wildman–Crippen MR) is 62.5 cm³/mol. The third kappa shape index (κ3) is 3.70. The first-order valence-corrected chi connectivity index (χ1v) is 6.10. The van der Waals surface area contributed by atoms with E-state index in [9.17, 15) is 9.59 Å².